The Bertz CT molecular complexity index is 3510. The molecule has 10 aromatic rings. The molecular formula is C58H37NS. The highest BCUT2D eigenvalue weighted by atomic mass is 32.1. The Hall–Kier alpha value is -7.26. The van der Waals surface area contributed by atoms with E-state index in [0.717, 1.165) is 0 Å². The third-order valence-electron chi connectivity index (χ3n) is 13.2. The number of allylic oxidation sites excluding steroid dienone is 8. The van der Waals surface area contributed by atoms with Crippen molar-refractivity contribution in [2.75, 3.05) is 0 Å². The van der Waals surface area contributed by atoms with Crippen molar-refractivity contribution in [2.45, 2.75) is 0 Å². The van der Waals surface area contributed by atoms with Gasteiger partial charge in [0.15, 0.2) is 0 Å². The molecule has 8 aromatic carbocycles. The van der Waals surface area contributed by atoms with Crippen LogP contribution in [0.5, 0.6) is 0 Å². The molecule has 0 amide bonds. The number of para-hydroxylation sites is 1. The predicted molar refractivity (Wildman–Crippen MR) is 256 cm³/mol. The zero-order valence-corrected chi connectivity index (χ0v) is 33.5. The van der Waals surface area contributed by atoms with E-state index in [4.69, 9.17) is 0 Å². The van der Waals surface area contributed by atoms with Gasteiger partial charge in [0.05, 0.1) is 11.0 Å². The lowest BCUT2D eigenvalue weighted by Gasteiger charge is -2.31. The van der Waals surface area contributed by atoms with Crippen molar-refractivity contribution in [3.05, 3.63) is 229 Å². The summed E-state index contributed by atoms with van der Waals surface area (Å²) in [6.07, 6.45) is 11.8. The first-order valence-electron chi connectivity index (χ1n) is 20.9. The molecule has 2 heterocycles. The first kappa shape index (κ1) is 33.7. The number of hydrogen-bond donors (Lipinski definition) is 0. The van der Waals surface area contributed by atoms with Crippen LogP contribution < -0.4 is 0 Å². The van der Waals surface area contributed by atoms with Gasteiger partial charge in [-0.25, -0.2) is 0 Å². The molecule has 0 radical (unpaired) electrons. The van der Waals surface area contributed by atoms with Gasteiger partial charge in [0.25, 0.3) is 0 Å². The highest BCUT2D eigenvalue weighted by Crippen LogP contribution is 2.56. The molecule has 0 spiro atoms. The fraction of sp³-hybridized carbons (Fsp3) is 0.0345. The molecule has 0 aliphatic heterocycles. The number of fused-ring (bicyclic) bond motifs is 9. The third kappa shape index (κ3) is 5.11. The van der Waals surface area contributed by atoms with Gasteiger partial charge in [-0.2, -0.15) is 0 Å². The number of hydrogen-bond acceptors (Lipinski definition) is 1. The van der Waals surface area contributed by atoms with Crippen LogP contribution in [0.25, 0.3) is 97.8 Å². The molecule has 13 rings (SSSR count). The monoisotopic (exact) mass is 779 g/mol. The van der Waals surface area contributed by atoms with E-state index in [0.29, 0.717) is 5.92 Å². The van der Waals surface area contributed by atoms with Crippen molar-refractivity contribution in [1.82, 2.24) is 4.57 Å². The second-order valence-corrected chi connectivity index (χ2v) is 17.5. The summed E-state index contributed by atoms with van der Waals surface area (Å²) in [6.45, 7) is 0. The zero-order valence-electron chi connectivity index (χ0n) is 32.7. The minimum absolute atomic E-state index is 0.287. The number of thiophene rings is 1. The average molecular weight is 780 g/mol. The number of aromatic nitrogens is 1. The maximum atomic E-state index is 2.43. The summed E-state index contributed by atoms with van der Waals surface area (Å²) in [7, 11) is 0. The summed E-state index contributed by atoms with van der Waals surface area (Å²) in [5.41, 5.74) is 19.4. The molecule has 2 heteroatoms. The molecule has 0 saturated carbocycles. The fourth-order valence-corrected chi connectivity index (χ4v) is 11.5. The Balaban J connectivity index is 0.827. The predicted octanol–water partition coefficient (Wildman–Crippen LogP) is 15.8. The quantitative estimate of drug-likeness (QED) is 0.164. The van der Waals surface area contributed by atoms with Crippen LogP contribution in [-0.4, -0.2) is 4.57 Å². The van der Waals surface area contributed by atoms with Gasteiger partial charge in [0.1, 0.15) is 0 Å². The minimum Gasteiger partial charge on any atom is -0.309 e. The SMILES string of the molecule is C1=CC2C(c3ccc(-n4c5ccccc5c5cc(-c6ccc7sc8ccccc8c7c6)ccc54)cc3)=CC=C3c4ccc(-c5ccc(-c6ccccc6)cc5)cc4C(=C1)C32. The Labute approximate surface area is 352 Å². The maximum Gasteiger partial charge on any atom is 0.0541 e. The molecule has 2 unspecified atom stereocenters. The standard InChI is InChI=1S/C58H37NS/c1-2-9-36(10-3-1)37-17-19-38(20-18-37)40-23-28-45-50-30-29-44(48-13-8-14-49(58(48)50)51(45)33-40)39-21-26-43(27-22-39)59-54-15-6-4-11-46(54)52-34-41(24-31-55(52)59)42-25-32-57-53(35-42)47-12-5-7-16-56(47)60-57/h1-35,48,58H. The van der Waals surface area contributed by atoms with E-state index in [1.54, 1.807) is 0 Å². The maximum absolute atomic E-state index is 2.43. The van der Waals surface area contributed by atoms with Crippen LogP contribution in [0.1, 0.15) is 16.7 Å². The molecule has 60 heavy (non-hydrogen) atoms. The molecule has 280 valence electrons. The molecule has 2 atom stereocenters. The fourth-order valence-electron chi connectivity index (χ4n) is 10.4. The molecule has 2 aromatic heterocycles. The van der Waals surface area contributed by atoms with Gasteiger partial charge in [-0.1, -0.05) is 158 Å². The Morgan fingerprint density at radius 1 is 0.367 bits per heavy atom. The lowest BCUT2D eigenvalue weighted by atomic mass is 9.72. The van der Waals surface area contributed by atoms with Crippen LogP contribution in [-0.2, 0) is 0 Å². The normalized spacial score (nSPS) is 16.6. The van der Waals surface area contributed by atoms with Crippen LogP contribution >= 0.6 is 11.3 Å². The molecule has 3 aliphatic rings. The van der Waals surface area contributed by atoms with Gasteiger partial charge in [0, 0.05) is 48.5 Å². The van der Waals surface area contributed by atoms with Crippen molar-refractivity contribution in [1.29, 1.82) is 0 Å². The Morgan fingerprint density at radius 2 is 0.950 bits per heavy atom. The van der Waals surface area contributed by atoms with Crippen LogP contribution in [0.4, 0.5) is 0 Å². The van der Waals surface area contributed by atoms with Crippen molar-refractivity contribution in [3.8, 4) is 39.1 Å². The average Bonchev–Trinajstić information content (AvgIpc) is 3.97. The van der Waals surface area contributed by atoms with Crippen molar-refractivity contribution in [3.63, 3.8) is 0 Å². The molecular weight excluding hydrogens is 743 g/mol. The smallest absolute Gasteiger partial charge is 0.0541 e. The Kier molecular flexibility index (Phi) is 7.37. The minimum atomic E-state index is 0.287. The first-order chi connectivity index (χ1) is 29.7. The summed E-state index contributed by atoms with van der Waals surface area (Å²) in [4.78, 5) is 0. The van der Waals surface area contributed by atoms with E-state index in [9.17, 15) is 0 Å². The van der Waals surface area contributed by atoms with Crippen molar-refractivity contribution < 1.29 is 0 Å². The van der Waals surface area contributed by atoms with Crippen LogP contribution in [0.3, 0.4) is 0 Å². The van der Waals surface area contributed by atoms with Gasteiger partial charge >= 0.3 is 0 Å². The van der Waals surface area contributed by atoms with Gasteiger partial charge in [-0.3, -0.25) is 0 Å². The van der Waals surface area contributed by atoms with Crippen molar-refractivity contribution >= 4 is 70.0 Å². The first-order valence-corrected chi connectivity index (χ1v) is 21.7. The third-order valence-corrected chi connectivity index (χ3v) is 14.4. The van der Waals surface area contributed by atoms with Gasteiger partial charge < -0.3 is 4.57 Å². The van der Waals surface area contributed by atoms with Gasteiger partial charge in [-0.15, -0.1) is 11.3 Å². The topological polar surface area (TPSA) is 4.93 Å². The largest absolute Gasteiger partial charge is 0.309 e. The highest BCUT2D eigenvalue weighted by molar-refractivity contribution is 7.25. The number of benzene rings is 8. The summed E-state index contributed by atoms with van der Waals surface area (Å²) in [6, 6.07) is 67.5. The van der Waals surface area contributed by atoms with E-state index in [2.05, 4.69) is 217 Å². The van der Waals surface area contributed by atoms with E-state index < -0.39 is 0 Å². The lowest BCUT2D eigenvalue weighted by molar-refractivity contribution is 0.725. The highest BCUT2D eigenvalue weighted by Gasteiger charge is 2.40. The van der Waals surface area contributed by atoms with Crippen LogP contribution in [0.2, 0.25) is 0 Å². The summed E-state index contributed by atoms with van der Waals surface area (Å²) in [5.74, 6) is 0.612. The summed E-state index contributed by atoms with van der Waals surface area (Å²) < 4.78 is 5.11. The van der Waals surface area contributed by atoms with E-state index >= 15 is 0 Å². The molecule has 0 N–H and O–H groups in total. The second-order valence-electron chi connectivity index (χ2n) is 16.4. The van der Waals surface area contributed by atoms with E-state index in [1.165, 1.54) is 114 Å². The number of nitrogens with zero attached hydrogens (tertiary/aromatic N) is 1. The zero-order chi connectivity index (χ0) is 39.3. The van der Waals surface area contributed by atoms with Crippen molar-refractivity contribution in [2.24, 2.45) is 11.8 Å². The molecule has 1 nitrogen and oxygen atoms in total. The summed E-state index contributed by atoms with van der Waals surface area (Å²) in [5, 5.41) is 5.21. The molecule has 0 saturated heterocycles. The van der Waals surface area contributed by atoms with Crippen LogP contribution in [0.15, 0.2) is 212 Å². The Morgan fingerprint density at radius 3 is 1.80 bits per heavy atom. The second kappa shape index (κ2) is 13.1. The molecule has 3 aliphatic carbocycles. The van der Waals surface area contributed by atoms with Crippen LogP contribution in [0, 0.1) is 11.8 Å². The molecule has 0 fully saturated rings. The summed E-state index contributed by atoms with van der Waals surface area (Å²) >= 11 is 1.87. The van der Waals surface area contributed by atoms with Gasteiger partial charge in [0.2, 0.25) is 0 Å². The lowest BCUT2D eigenvalue weighted by Crippen LogP contribution is -2.18. The number of rotatable bonds is 5. The van der Waals surface area contributed by atoms with Gasteiger partial charge in [-0.05, 0) is 121 Å². The molecule has 0 bridgehead atoms. The van der Waals surface area contributed by atoms with E-state index in [-0.39, 0.29) is 5.92 Å². The van der Waals surface area contributed by atoms with E-state index in [1.807, 2.05) is 11.3 Å².